The Morgan fingerprint density at radius 1 is 1.25 bits per heavy atom. The molecule has 3 heterocycles. The summed E-state index contributed by atoms with van der Waals surface area (Å²) in [7, 11) is 1.33. The molecule has 1 saturated heterocycles. The summed E-state index contributed by atoms with van der Waals surface area (Å²) >= 11 is 2.88. The minimum absolute atomic E-state index is 0.140. The monoisotopic (exact) mass is 471 g/mol. The minimum Gasteiger partial charge on any atom is -0.465 e. The molecule has 1 aliphatic rings. The molecule has 168 valence electrons. The maximum atomic E-state index is 12.6. The van der Waals surface area contributed by atoms with Crippen molar-refractivity contribution in [1.29, 1.82) is 0 Å². The van der Waals surface area contributed by atoms with Crippen molar-refractivity contribution < 1.29 is 19.1 Å². The van der Waals surface area contributed by atoms with Crippen LogP contribution >= 0.6 is 22.7 Å². The quantitative estimate of drug-likeness (QED) is 0.525. The number of nitrogens with zero attached hydrogens (tertiary/aromatic N) is 2. The van der Waals surface area contributed by atoms with Gasteiger partial charge in [0.2, 0.25) is 5.91 Å². The number of aromatic nitrogens is 1. The summed E-state index contributed by atoms with van der Waals surface area (Å²) in [5.74, 6) is -0.674. The van der Waals surface area contributed by atoms with Gasteiger partial charge < -0.3 is 14.8 Å². The van der Waals surface area contributed by atoms with Crippen LogP contribution in [-0.4, -0.2) is 55.2 Å². The number of rotatable bonds is 7. The minimum atomic E-state index is -0.461. The van der Waals surface area contributed by atoms with Crippen LogP contribution in [0.15, 0.2) is 35.7 Å². The predicted octanol–water partition coefficient (Wildman–Crippen LogP) is 3.98. The smallest absolute Gasteiger partial charge is 0.340 e. The lowest BCUT2D eigenvalue weighted by Gasteiger charge is -2.26. The Balaban J connectivity index is 1.40. The molecule has 0 bridgehead atoms. The topological polar surface area (TPSA) is 80.8 Å². The van der Waals surface area contributed by atoms with E-state index < -0.39 is 5.97 Å². The van der Waals surface area contributed by atoms with Crippen LogP contribution in [0.2, 0.25) is 0 Å². The summed E-state index contributed by atoms with van der Waals surface area (Å²) in [4.78, 5) is 32.5. The number of esters is 1. The third-order valence-electron chi connectivity index (χ3n) is 5.09. The van der Waals surface area contributed by atoms with Crippen LogP contribution in [0.1, 0.15) is 26.5 Å². The highest BCUT2D eigenvalue weighted by molar-refractivity contribution is 7.16. The van der Waals surface area contributed by atoms with E-state index in [1.165, 1.54) is 35.3 Å². The van der Waals surface area contributed by atoms with Crippen molar-refractivity contribution in [2.45, 2.75) is 19.9 Å². The van der Waals surface area contributed by atoms with E-state index in [2.05, 4.69) is 27.3 Å². The average molecular weight is 472 g/mol. The molecule has 32 heavy (non-hydrogen) atoms. The van der Waals surface area contributed by atoms with Gasteiger partial charge in [-0.25, -0.2) is 9.78 Å². The number of anilines is 1. The van der Waals surface area contributed by atoms with Gasteiger partial charge in [-0.2, -0.15) is 0 Å². The first-order chi connectivity index (χ1) is 15.5. The SMILES string of the molecule is COC(=O)c1cc(C)sc1NC(=O)Cc1csc(-c2cccc(CN3CCOCC3)c2)n1. The molecule has 0 spiro atoms. The highest BCUT2D eigenvalue weighted by atomic mass is 32.1. The zero-order valence-corrected chi connectivity index (χ0v) is 19.7. The number of morpholine rings is 1. The number of ether oxygens (including phenoxy) is 2. The first kappa shape index (κ1) is 22.6. The van der Waals surface area contributed by atoms with Crippen molar-refractivity contribution in [2.75, 3.05) is 38.7 Å². The van der Waals surface area contributed by atoms with Crippen molar-refractivity contribution in [3.8, 4) is 10.6 Å². The molecular weight excluding hydrogens is 446 g/mol. The second kappa shape index (κ2) is 10.4. The standard InChI is InChI=1S/C23H25N3O4S2/c1-15-10-19(23(28)29-2)22(32-15)25-20(27)12-18-14-31-21(24-18)17-5-3-4-16(11-17)13-26-6-8-30-9-7-26/h3-5,10-11,14H,6-9,12-13H2,1-2H3,(H,25,27). The van der Waals surface area contributed by atoms with E-state index in [1.54, 1.807) is 6.07 Å². The molecule has 1 fully saturated rings. The molecule has 1 amide bonds. The number of methoxy groups -OCH3 is 1. The summed E-state index contributed by atoms with van der Waals surface area (Å²) in [5, 5.41) is 6.13. The molecule has 2 aromatic heterocycles. The number of carbonyl (C=O) groups excluding carboxylic acids is 2. The molecule has 4 rings (SSSR count). The van der Waals surface area contributed by atoms with Gasteiger partial charge in [0.05, 0.1) is 38.0 Å². The van der Waals surface area contributed by atoms with Gasteiger partial charge in [-0.05, 0) is 24.6 Å². The number of hydrogen-bond acceptors (Lipinski definition) is 8. The van der Waals surface area contributed by atoms with Crippen LogP contribution in [0.25, 0.3) is 10.6 Å². The zero-order chi connectivity index (χ0) is 22.5. The molecule has 0 aliphatic carbocycles. The number of nitrogens with one attached hydrogen (secondary N) is 1. The molecule has 1 N–H and O–H groups in total. The van der Waals surface area contributed by atoms with E-state index in [0.717, 1.165) is 48.3 Å². The molecule has 0 radical (unpaired) electrons. The highest BCUT2D eigenvalue weighted by Crippen LogP contribution is 2.29. The van der Waals surface area contributed by atoms with Crippen LogP contribution in [-0.2, 0) is 27.2 Å². The lowest BCUT2D eigenvalue weighted by molar-refractivity contribution is -0.115. The van der Waals surface area contributed by atoms with E-state index in [-0.39, 0.29) is 12.3 Å². The van der Waals surface area contributed by atoms with Crippen LogP contribution in [0.3, 0.4) is 0 Å². The molecule has 1 aliphatic heterocycles. The molecule has 0 saturated carbocycles. The Kier molecular flexibility index (Phi) is 7.31. The fraction of sp³-hybridized carbons (Fsp3) is 0.348. The summed E-state index contributed by atoms with van der Waals surface area (Å²) < 4.78 is 10.2. The van der Waals surface area contributed by atoms with Crippen LogP contribution in [0.4, 0.5) is 5.00 Å². The number of benzene rings is 1. The van der Waals surface area contributed by atoms with Crippen molar-refractivity contribution >= 4 is 39.6 Å². The maximum Gasteiger partial charge on any atom is 0.340 e. The molecule has 0 unspecified atom stereocenters. The lowest BCUT2D eigenvalue weighted by atomic mass is 10.1. The largest absolute Gasteiger partial charge is 0.465 e. The third kappa shape index (κ3) is 5.60. The first-order valence-corrected chi connectivity index (χ1v) is 12.0. The molecule has 1 aromatic carbocycles. The van der Waals surface area contributed by atoms with Crippen LogP contribution in [0.5, 0.6) is 0 Å². The van der Waals surface area contributed by atoms with Gasteiger partial charge in [-0.3, -0.25) is 9.69 Å². The van der Waals surface area contributed by atoms with E-state index in [0.29, 0.717) is 16.3 Å². The van der Waals surface area contributed by atoms with Gasteiger partial charge in [0.1, 0.15) is 10.0 Å². The fourth-order valence-electron chi connectivity index (χ4n) is 3.54. The first-order valence-electron chi connectivity index (χ1n) is 10.3. The average Bonchev–Trinajstić information content (AvgIpc) is 3.40. The number of thiophene rings is 1. The number of aryl methyl sites for hydroxylation is 1. The van der Waals surface area contributed by atoms with E-state index in [1.807, 2.05) is 24.4 Å². The summed E-state index contributed by atoms with van der Waals surface area (Å²) in [6.45, 7) is 6.23. The zero-order valence-electron chi connectivity index (χ0n) is 18.1. The van der Waals surface area contributed by atoms with E-state index in [4.69, 9.17) is 9.47 Å². The number of thiazole rings is 1. The summed E-state index contributed by atoms with van der Waals surface area (Å²) in [6.07, 6.45) is 0.140. The normalized spacial score (nSPS) is 14.3. The Labute approximate surface area is 195 Å². The van der Waals surface area contributed by atoms with Crippen molar-refractivity contribution in [3.63, 3.8) is 0 Å². The lowest BCUT2D eigenvalue weighted by Crippen LogP contribution is -2.35. The van der Waals surface area contributed by atoms with E-state index in [9.17, 15) is 9.59 Å². The predicted molar refractivity (Wildman–Crippen MR) is 126 cm³/mol. The Bertz CT molecular complexity index is 1100. The molecule has 7 nitrogen and oxygen atoms in total. The Hall–Kier alpha value is -2.59. The number of hydrogen-bond donors (Lipinski definition) is 1. The second-order valence-electron chi connectivity index (χ2n) is 7.55. The maximum absolute atomic E-state index is 12.6. The van der Waals surface area contributed by atoms with Gasteiger partial charge in [0.15, 0.2) is 0 Å². The van der Waals surface area contributed by atoms with Crippen LogP contribution in [0, 0.1) is 6.92 Å². The number of amides is 1. The van der Waals surface area contributed by atoms with E-state index >= 15 is 0 Å². The van der Waals surface area contributed by atoms with Crippen LogP contribution < -0.4 is 5.32 Å². The highest BCUT2D eigenvalue weighted by Gasteiger charge is 2.18. The molecular formula is C23H25N3O4S2. The van der Waals surface area contributed by atoms with Gasteiger partial charge in [0, 0.05) is 35.5 Å². The third-order valence-corrected chi connectivity index (χ3v) is 7.00. The van der Waals surface area contributed by atoms with Gasteiger partial charge in [-0.15, -0.1) is 22.7 Å². The van der Waals surface area contributed by atoms with Crippen molar-refractivity contribution in [2.24, 2.45) is 0 Å². The summed E-state index contributed by atoms with van der Waals surface area (Å²) in [6, 6.07) is 10.1. The molecule has 9 heteroatoms. The van der Waals surface area contributed by atoms with Gasteiger partial charge in [0.25, 0.3) is 0 Å². The van der Waals surface area contributed by atoms with Crippen molar-refractivity contribution in [1.82, 2.24) is 9.88 Å². The molecule has 0 atom stereocenters. The second-order valence-corrected chi connectivity index (χ2v) is 9.66. The molecule has 3 aromatic rings. The number of carbonyl (C=O) groups is 2. The summed E-state index contributed by atoms with van der Waals surface area (Å²) in [5.41, 5.74) is 3.37. The van der Waals surface area contributed by atoms with Crippen molar-refractivity contribution in [3.05, 3.63) is 57.4 Å². The fourth-order valence-corrected chi connectivity index (χ4v) is 5.28. The Morgan fingerprint density at radius 3 is 2.84 bits per heavy atom. The van der Waals surface area contributed by atoms with Gasteiger partial charge >= 0.3 is 5.97 Å². The Morgan fingerprint density at radius 2 is 2.06 bits per heavy atom. The van der Waals surface area contributed by atoms with Gasteiger partial charge in [-0.1, -0.05) is 18.2 Å².